The van der Waals surface area contributed by atoms with Gasteiger partial charge in [0.1, 0.15) is 0 Å². The number of benzene rings is 1. The zero-order valence-electron chi connectivity index (χ0n) is 8.80. The minimum atomic E-state index is 0.630. The normalized spacial score (nSPS) is 21.5. The minimum absolute atomic E-state index is 0.630. The zero-order chi connectivity index (χ0) is 10.5. The number of rotatable bonds is 3. The molecule has 1 saturated heterocycles. The molecular formula is C12H17BrN2. The Balaban J connectivity index is 1.84. The van der Waals surface area contributed by atoms with Gasteiger partial charge in [0.15, 0.2) is 0 Å². The summed E-state index contributed by atoms with van der Waals surface area (Å²) in [5, 5.41) is 7.00. The van der Waals surface area contributed by atoms with Gasteiger partial charge in [0.25, 0.3) is 0 Å². The van der Waals surface area contributed by atoms with E-state index in [0.29, 0.717) is 6.04 Å². The van der Waals surface area contributed by atoms with Gasteiger partial charge in [-0.3, -0.25) is 0 Å². The van der Waals surface area contributed by atoms with Crippen molar-refractivity contribution in [2.75, 3.05) is 13.1 Å². The molecule has 1 aliphatic heterocycles. The Kier molecular flexibility index (Phi) is 4.18. The molecule has 0 bridgehead atoms. The molecule has 15 heavy (non-hydrogen) atoms. The van der Waals surface area contributed by atoms with E-state index in [-0.39, 0.29) is 0 Å². The van der Waals surface area contributed by atoms with Crippen molar-refractivity contribution in [1.29, 1.82) is 0 Å². The fourth-order valence-corrected chi connectivity index (χ4v) is 2.35. The molecule has 1 atom stereocenters. The van der Waals surface area contributed by atoms with Crippen molar-refractivity contribution in [1.82, 2.24) is 10.6 Å². The van der Waals surface area contributed by atoms with Crippen molar-refractivity contribution in [2.45, 2.75) is 25.4 Å². The van der Waals surface area contributed by atoms with Gasteiger partial charge in [0, 0.05) is 23.6 Å². The lowest BCUT2D eigenvalue weighted by Gasteiger charge is -2.24. The summed E-state index contributed by atoms with van der Waals surface area (Å²) in [5.41, 5.74) is 1.34. The van der Waals surface area contributed by atoms with Crippen LogP contribution in [0.5, 0.6) is 0 Å². The molecular weight excluding hydrogens is 252 g/mol. The molecule has 0 amide bonds. The largest absolute Gasteiger partial charge is 0.315 e. The summed E-state index contributed by atoms with van der Waals surface area (Å²) in [7, 11) is 0. The predicted molar refractivity (Wildman–Crippen MR) is 66.9 cm³/mol. The van der Waals surface area contributed by atoms with Crippen LogP contribution in [0, 0.1) is 0 Å². The van der Waals surface area contributed by atoms with Gasteiger partial charge in [-0.25, -0.2) is 0 Å². The highest BCUT2D eigenvalue weighted by Crippen LogP contribution is 2.15. The summed E-state index contributed by atoms with van der Waals surface area (Å²) in [6, 6.07) is 9.02. The van der Waals surface area contributed by atoms with Crippen LogP contribution in [0.2, 0.25) is 0 Å². The minimum Gasteiger partial charge on any atom is -0.315 e. The molecule has 0 unspecified atom stereocenters. The second-order valence-corrected chi connectivity index (χ2v) is 4.87. The van der Waals surface area contributed by atoms with Crippen molar-refractivity contribution >= 4 is 15.9 Å². The summed E-state index contributed by atoms with van der Waals surface area (Å²) >= 11 is 3.57. The van der Waals surface area contributed by atoms with Crippen molar-refractivity contribution in [3.63, 3.8) is 0 Å². The van der Waals surface area contributed by atoms with Crippen LogP contribution in [0.15, 0.2) is 28.7 Å². The summed E-state index contributed by atoms with van der Waals surface area (Å²) in [6.45, 7) is 3.23. The van der Waals surface area contributed by atoms with Gasteiger partial charge < -0.3 is 10.6 Å². The SMILES string of the molecule is Brc1ccccc1CN[C@@H]1CCCNC1. The van der Waals surface area contributed by atoms with Gasteiger partial charge >= 0.3 is 0 Å². The third kappa shape index (κ3) is 3.30. The van der Waals surface area contributed by atoms with Crippen LogP contribution in [-0.2, 0) is 6.54 Å². The van der Waals surface area contributed by atoms with Crippen molar-refractivity contribution in [3.05, 3.63) is 34.3 Å². The number of nitrogens with one attached hydrogen (secondary N) is 2. The second-order valence-electron chi connectivity index (χ2n) is 4.02. The number of hydrogen-bond acceptors (Lipinski definition) is 2. The van der Waals surface area contributed by atoms with Crippen molar-refractivity contribution in [2.24, 2.45) is 0 Å². The number of hydrogen-bond donors (Lipinski definition) is 2. The molecule has 82 valence electrons. The molecule has 2 rings (SSSR count). The molecule has 1 aromatic rings. The highest BCUT2D eigenvalue weighted by Gasteiger charge is 2.11. The average molecular weight is 269 g/mol. The van der Waals surface area contributed by atoms with Gasteiger partial charge in [0.2, 0.25) is 0 Å². The lowest BCUT2D eigenvalue weighted by molar-refractivity contribution is 0.389. The Morgan fingerprint density at radius 2 is 2.27 bits per heavy atom. The smallest absolute Gasteiger partial charge is 0.0220 e. The van der Waals surface area contributed by atoms with Gasteiger partial charge in [0.05, 0.1) is 0 Å². The molecule has 1 aliphatic rings. The molecule has 0 saturated carbocycles. The summed E-state index contributed by atoms with van der Waals surface area (Å²) in [6.07, 6.45) is 2.57. The monoisotopic (exact) mass is 268 g/mol. The van der Waals surface area contributed by atoms with E-state index in [4.69, 9.17) is 0 Å². The van der Waals surface area contributed by atoms with Crippen LogP contribution >= 0.6 is 15.9 Å². The summed E-state index contributed by atoms with van der Waals surface area (Å²) < 4.78 is 1.20. The molecule has 0 spiro atoms. The Morgan fingerprint density at radius 1 is 1.40 bits per heavy atom. The van der Waals surface area contributed by atoms with Gasteiger partial charge in [-0.1, -0.05) is 34.1 Å². The van der Waals surface area contributed by atoms with E-state index in [9.17, 15) is 0 Å². The van der Waals surface area contributed by atoms with Crippen LogP contribution in [-0.4, -0.2) is 19.1 Å². The van der Waals surface area contributed by atoms with Crippen molar-refractivity contribution < 1.29 is 0 Å². The Hall–Kier alpha value is -0.380. The molecule has 1 heterocycles. The molecule has 3 heteroatoms. The van der Waals surface area contributed by atoms with Crippen LogP contribution < -0.4 is 10.6 Å². The number of piperidine rings is 1. The van der Waals surface area contributed by atoms with Crippen LogP contribution in [0.4, 0.5) is 0 Å². The molecule has 0 aromatic heterocycles. The standard InChI is InChI=1S/C12H17BrN2/c13-12-6-2-1-4-10(12)8-15-11-5-3-7-14-9-11/h1-2,4,6,11,14-15H,3,5,7-9H2/t11-/m1/s1. The van der Waals surface area contributed by atoms with Gasteiger partial charge in [-0.2, -0.15) is 0 Å². The maximum absolute atomic E-state index is 3.59. The topological polar surface area (TPSA) is 24.1 Å². The third-order valence-corrected chi connectivity index (χ3v) is 3.61. The molecule has 0 radical (unpaired) electrons. The maximum atomic E-state index is 3.59. The van der Waals surface area contributed by atoms with E-state index in [1.54, 1.807) is 0 Å². The van der Waals surface area contributed by atoms with Crippen molar-refractivity contribution in [3.8, 4) is 0 Å². The Morgan fingerprint density at radius 3 is 3.00 bits per heavy atom. The first-order valence-electron chi connectivity index (χ1n) is 5.54. The predicted octanol–water partition coefficient (Wildman–Crippen LogP) is 2.29. The first-order valence-corrected chi connectivity index (χ1v) is 6.33. The maximum Gasteiger partial charge on any atom is 0.0220 e. The van der Waals surface area contributed by atoms with Crippen LogP contribution in [0.25, 0.3) is 0 Å². The highest BCUT2D eigenvalue weighted by atomic mass is 79.9. The zero-order valence-corrected chi connectivity index (χ0v) is 10.4. The van der Waals surface area contributed by atoms with E-state index in [0.717, 1.165) is 13.1 Å². The molecule has 1 fully saturated rings. The van der Waals surface area contributed by atoms with Crippen LogP contribution in [0.1, 0.15) is 18.4 Å². The molecule has 0 aliphatic carbocycles. The summed E-state index contributed by atoms with van der Waals surface area (Å²) in [4.78, 5) is 0. The molecule has 2 nitrogen and oxygen atoms in total. The quantitative estimate of drug-likeness (QED) is 0.879. The molecule has 2 N–H and O–H groups in total. The third-order valence-electron chi connectivity index (χ3n) is 2.84. The van der Waals surface area contributed by atoms with E-state index < -0.39 is 0 Å². The van der Waals surface area contributed by atoms with E-state index in [1.165, 1.54) is 29.4 Å². The Bertz CT molecular complexity index is 308. The summed E-state index contributed by atoms with van der Waals surface area (Å²) in [5.74, 6) is 0. The van der Waals surface area contributed by atoms with E-state index >= 15 is 0 Å². The lowest BCUT2D eigenvalue weighted by Crippen LogP contribution is -2.42. The van der Waals surface area contributed by atoms with Gasteiger partial charge in [-0.05, 0) is 31.0 Å². The van der Waals surface area contributed by atoms with Crippen LogP contribution in [0.3, 0.4) is 0 Å². The van der Waals surface area contributed by atoms with E-state index in [1.807, 2.05) is 0 Å². The first-order chi connectivity index (χ1) is 7.36. The molecule has 1 aromatic carbocycles. The highest BCUT2D eigenvalue weighted by molar-refractivity contribution is 9.10. The number of halogens is 1. The Labute approximate surface area is 99.6 Å². The van der Waals surface area contributed by atoms with E-state index in [2.05, 4.69) is 50.8 Å². The fraction of sp³-hybridized carbons (Fsp3) is 0.500. The second kappa shape index (κ2) is 5.64. The first kappa shape index (κ1) is 11.1. The lowest BCUT2D eigenvalue weighted by atomic mass is 10.1. The fourth-order valence-electron chi connectivity index (χ4n) is 1.92. The average Bonchev–Trinajstić information content (AvgIpc) is 2.29. The van der Waals surface area contributed by atoms with Gasteiger partial charge in [-0.15, -0.1) is 0 Å².